The highest BCUT2D eigenvalue weighted by Gasteiger charge is 2.26. The first-order valence-electron chi connectivity index (χ1n) is 5.10. The molecule has 92 valence electrons. The summed E-state index contributed by atoms with van der Waals surface area (Å²) in [6.07, 6.45) is 2.12. The Hall–Kier alpha value is -1.14. The molecule has 0 aliphatic carbocycles. The van der Waals surface area contributed by atoms with E-state index in [9.17, 15) is 9.00 Å². The third-order valence-corrected chi connectivity index (χ3v) is 3.46. The van der Waals surface area contributed by atoms with Gasteiger partial charge >= 0.3 is 0 Å². The molecule has 1 aliphatic rings. The molecule has 1 aromatic heterocycles. The van der Waals surface area contributed by atoms with E-state index in [1.54, 1.807) is 18.4 Å². The minimum absolute atomic E-state index is 0.132. The van der Waals surface area contributed by atoms with Crippen molar-refractivity contribution in [2.75, 3.05) is 22.6 Å². The van der Waals surface area contributed by atoms with Gasteiger partial charge in [-0.15, -0.1) is 0 Å². The van der Waals surface area contributed by atoms with Crippen LogP contribution in [0.3, 0.4) is 0 Å². The van der Waals surface area contributed by atoms with E-state index < -0.39 is 16.8 Å². The Morgan fingerprint density at radius 3 is 3.00 bits per heavy atom. The lowest BCUT2D eigenvalue weighted by Crippen LogP contribution is -2.40. The molecular formula is C10H12ClN3O2S. The highest BCUT2D eigenvalue weighted by molar-refractivity contribution is 7.84. The maximum atomic E-state index is 11.7. The first-order valence-corrected chi connectivity index (χ1v) is 7.21. The molecule has 2 atom stereocenters. The van der Waals surface area contributed by atoms with Gasteiger partial charge in [0, 0.05) is 22.8 Å². The number of carbonyl (C=O) groups is 1. The molecule has 0 saturated heterocycles. The Morgan fingerprint density at radius 1 is 1.53 bits per heavy atom. The lowest BCUT2D eigenvalue weighted by atomic mass is 10.1. The molecule has 7 heteroatoms. The Morgan fingerprint density at radius 2 is 2.29 bits per heavy atom. The van der Waals surface area contributed by atoms with Crippen LogP contribution in [0.2, 0.25) is 5.15 Å². The summed E-state index contributed by atoms with van der Waals surface area (Å²) in [6.45, 7) is 0. The summed E-state index contributed by atoms with van der Waals surface area (Å²) in [5.41, 5.74) is 0.619. The van der Waals surface area contributed by atoms with Crippen molar-refractivity contribution < 1.29 is 9.00 Å². The standard InChI is InChI=1S/C10H12ClN3O2S/c1-17(16)5-4-7-10(15)13-6-2-3-8(11)14-9(6)12-7/h2-3,7H,4-5H2,1H3,(H,12,14)(H,13,15). The van der Waals surface area contributed by atoms with E-state index >= 15 is 0 Å². The lowest BCUT2D eigenvalue weighted by molar-refractivity contribution is -0.117. The smallest absolute Gasteiger partial charge is 0.247 e. The van der Waals surface area contributed by atoms with Crippen molar-refractivity contribution >= 4 is 39.8 Å². The molecule has 1 aromatic rings. The molecule has 2 rings (SSSR count). The Kier molecular flexibility index (Phi) is 3.63. The van der Waals surface area contributed by atoms with Gasteiger partial charge in [-0.1, -0.05) is 11.6 Å². The van der Waals surface area contributed by atoms with Crippen molar-refractivity contribution in [1.82, 2.24) is 4.98 Å². The highest BCUT2D eigenvalue weighted by Crippen LogP contribution is 2.26. The number of pyridine rings is 1. The molecular weight excluding hydrogens is 262 g/mol. The highest BCUT2D eigenvalue weighted by atomic mass is 35.5. The fourth-order valence-electron chi connectivity index (χ4n) is 1.58. The molecule has 0 fully saturated rings. The van der Waals surface area contributed by atoms with Gasteiger partial charge in [0.25, 0.3) is 0 Å². The summed E-state index contributed by atoms with van der Waals surface area (Å²) >= 11 is 5.78. The maximum absolute atomic E-state index is 11.7. The van der Waals surface area contributed by atoms with Crippen LogP contribution in [-0.4, -0.2) is 33.2 Å². The summed E-state index contributed by atoms with van der Waals surface area (Å²) in [6, 6.07) is 2.91. The molecule has 0 radical (unpaired) electrons. The molecule has 1 amide bonds. The predicted octanol–water partition coefficient (Wildman–Crippen LogP) is 1.24. The van der Waals surface area contributed by atoms with Crippen LogP contribution in [0.15, 0.2) is 12.1 Å². The van der Waals surface area contributed by atoms with Crippen LogP contribution in [-0.2, 0) is 15.6 Å². The summed E-state index contributed by atoms with van der Waals surface area (Å²) < 4.78 is 11.0. The average Bonchev–Trinajstić information content (AvgIpc) is 2.26. The molecule has 5 nitrogen and oxygen atoms in total. The fourth-order valence-corrected chi connectivity index (χ4v) is 2.30. The van der Waals surface area contributed by atoms with Crippen molar-refractivity contribution in [3.8, 4) is 0 Å². The number of aromatic nitrogens is 1. The number of amides is 1. The number of halogens is 1. The normalized spacial score (nSPS) is 20.1. The molecule has 1 aliphatic heterocycles. The number of rotatable bonds is 3. The number of hydrogen-bond acceptors (Lipinski definition) is 4. The topological polar surface area (TPSA) is 71.1 Å². The quantitative estimate of drug-likeness (QED) is 0.813. The van der Waals surface area contributed by atoms with Crippen LogP contribution in [0.4, 0.5) is 11.5 Å². The predicted molar refractivity (Wildman–Crippen MR) is 68.8 cm³/mol. The van der Waals surface area contributed by atoms with E-state index in [0.717, 1.165) is 0 Å². The first-order chi connectivity index (χ1) is 8.06. The number of hydrogen-bond donors (Lipinski definition) is 2. The van der Waals surface area contributed by atoms with Crippen LogP contribution < -0.4 is 10.6 Å². The fraction of sp³-hybridized carbons (Fsp3) is 0.400. The van der Waals surface area contributed by atoms with Crippen LogP contribution in [0, 0.1) is 0 Å². The zero-order chi connectivity index (χ0) is 12.4. The van der Waals surface area contributed by atoms with Gasteiger partial charge < -0.3 is 10.6 Å². The SMILES string of the molecule is CS(=O)CCC1Nc2nc(Cl)ccc2NC1=O. The number of nitrogens with zero attached hydrogens (tertiary/aromatic N) is 1. The minimum Gasteiger partial charge on any atom is -0.357 e. The Balaban J connectivity index is 2.14. The second-order valence-electron chi connectivity index (χ2n) is 3.78. The van der Waals surface area contributed by atoms with Gasteiger partial charge in [0.15, 0.2) is 5.82 Å². The molecule has 0 aromatic carbocycles. The molecule has 2 N–H and O–H groups in total. The zero-order valence-electron chi connectivity index (χ0n) is 9.20. The van der Waals surface area contributed by atoms with E-state index in [1.165, 1.54) is 0 Å². The molecule has 2 unspecified atom stereocenters. The van der Waals surface area contributed by atoms with Crippen LogP contribution in [0.25, 0.3) is 0 Å². The van der Waals surface area contributed by atoms with Crippen molar-refractivity contribution in [1.29, 1.82) is 0 Å². The van der Waals surface area contributed by atoms with Gasteiger partial charge in [-0.3, -0.25) is 9.00 Å². The van der Waals surface area contributed by atoms with Crippen molar-refractivity contribution in [3.63, 3.8) is 0 Å². The molecule has 2 heterocycles. The van der Waals surface area contributed by atoms with Gasteiger partial charge in [0.1, 0.15) is 11.2 Å². The molecule has 17 heavy (non-hydrogen) atoms. The van der Waals surface area contributed by atoms with Crippen LogP contribution in [0.5, 0.6) is 0 Å². The van der Waals surface area contributed by atoms with Gasteiger partial charge in [-0.25, -0.2) is 4.98 Å². The second-order valence-corrected chi connectivity index (χ2v) is 5.72. The third kappa shape index (κ3) is 2.95. The summed E-state index contributed by atoms with van der Waals surface area (Å²) in [7, 11) is -0.911. The maximum Gasteiger partial charge on any atom is 0.247 e. The van der Waals surface area contributed by atoms with E-state index in [4.69, 9.17) is 11.6 Å². The minimum atomic E-state index is -0.911. The number of nitrogens with one attached hydrogen (secondary N) is 2. The zero-order valence-corrected chi connectivity index (χ0v) is 10.8. The van der Waals surface area contributed by atoms with Crippen molar-refractivity contribution in [2.45, 2.75) is 12.5 Å². The van der Waals surface area contributed by atoms with Gasteiger partial charge in [-0.05, 0) is 18.6 Å². The van der Waals surface area contributed by atoms with Gasteiger partial charge in [-0.2, -0.15) is 0 Å². The van der Waals surface area contributed by atoms with E-state index in [2.05, 4.69) is 15.6 Å². The molecule has 0 saturated carbocycles. The third-order valence-electron chi connectivity index (χ3n) is 2.44. The molecule has 0 spiro atoms. The summed E-state index contributed by atoms with van der Waals surface area (Å²) in [5, 5.41) is 6.11. The van der Waals surface area contributed by atoms with Gasteiger partial charge in [0.2, 0.25) is 5.91 Å². The second kappa shape index (κ2) is 5.01. The Bertz CT molecular complexity index is 481. The van der Waals surface area contributed by atoms with E-state index in [-0.39, 0.29) is 5.91 Å². The van der Waals surface area contributed by atoms with Crippen molar-refractivity contribution in [3.05, 3.63) is 17.3 Å². The average molecular weight is 274 g/mol. The van der Waals surface area contributed by atoms with Crippen LogP contribution >= 0.6 is 11.6 Å². The van der Waals surface area contributed by atoms with Crippen molar-refractivity contribution in [2.24, 2.45) is 0 Å². The number of fused-ring (bicyclic) bond motifs is 1. The van der Waals surface area contributed by atoms with Gasteiger partial charge in [0.05, 0.1) is 5.69 Å². The van der Waals surface area contributed by atoms with E-state index in [0.29, 0.717) is 28.8 Å². The lowest BCUT2D eigenvalue weighted by Gasteiger charge is -2.25. The first kappa shape index (κ1) is 12.3. The summed E-state index contributed by atoms with van der Waals surface area (Å²) in [5.74, 6) is 0.900. The van der Waals surface area contributed by atoms with E-state index in [1.807, 2.05) is 0 Å². The van der Waals surface area contributed by atoms with Crippen LogP contribution in [0.1, 0.15) is 6.42 Å². The monoisotopic (exact) mass is 273 g/mol. The number of anilines is 2. The Labute approximate surface area is 106 Å². The summed E-state index contributed by atoms with van der Waals surface area (Å²) in [4.78, 5) is 15.8. The molecule has 0 bridgehead atoms. The largest absolute Gasteiger partial charge is 0.357 e. The number of carbonyl (C=O) groups excluding carboxylic acids is 1.